The third-order valence-corrected chi connectivity index (χ3v) is 9.37. The summed E-state index contributed by atoms with van der Waals surface area (Å²) >= 11 is 0. The Bertz CT molecular complexity index is 1470. The second-order valence-electron chi connectivity index (χ2n) is 13.4. The SMILES string of the molecule is O=C(CCCc1ccccc1)O[C@@H]1COC(OCCCCc2ccccc2)[C@H](OCCCCc2ccccc2)[C@H]1OCCCCc1ccccc1. The summed E-state index contributed by atoms with van der Waals surface area (Å²) in [5, 5.41) is 0. The maximum Gasteiger partial charge on any atom is 0.306 e. The highest BCUT2D eigenvalue weighted by atomic mass is 16.7. The summed E-state index contributed by atoms with van der Waals surface area (Å²) in [6, 6.07) is 41.8. The molecule has 51 heavy (non-hydrogen) atoms. The Morgan fingerprint density at radius 2 is 0.882 bits per heavy atom. The number of carbonyl (C=O) groups is 1. The third-order valence-electron chi connectivity index (χ3n) is 9.37. The standard InChI is InChI=1S/C45H56O6/c46-42(32-19-31-40-26-11-4-12-27-40)51-41-36-50-45(49-35-18-15-30-39-24-9-3-10-25-39)44(48-34-17-14-29-38-22-7-2-8-23-38)43(41)47-33-16-13-28-37-20-5-1-6-21-37/h1-12,20-27,41,43-45H,13-19,28-36H2/t41-,43+,44-,45?/m1/s1. The van der Waals surface area contributed by atoms with Crippen molar-refractivity contribution < 1.29 is 28.5 Å². The fourth-order valence-electron chi connectivity index (χ4n) is 6.54. The summed E-state index contributed by atoms with van der Waals surface area (Å²) in [6.07, 6.45) is 8.42. The lowest BCUT2D eigenvalue weighted by Gasteiger charge is -2.41. The van der Waals surface area contributed by atoms with E-state index in [-0.39, 0.29) is 12.6 Å². The Labute approximate surface area is 305 Å². The van der Waals surface area contributed by atoms with Gasteiger partial charge in [0, 0.05) is 26.2 Å². The fourth-order valence-corrected chi connectivity index (χ4v) is 6.54. The van der Waals surface area contributed by atoms with Gasteiger partial charge in [-0.15, -0.1) is 0 Å². The van der Waals surface area contributed by atoms with Crippen LogP contribution in [0.15, 0.2) is 121 Å². The van der Waals surface area contributed by atoms with Crippen molar-refractivity contribution in [3.63, 3.8) is 0 Å². The van der Waals surface area contributed by atoms with Gasteiger partial charge in [0.15, 0.2) is 12.4 Å². The number of rotatable bonds is 23. The summed E-state index contributed by atoms with van der Waals surface area (Å²) in [5.74, 6) is -0.237. The molecule has 4 atom stereocenters. The Morgan fingerprint density at radius 3 is 1.33 bits per heavy atom. The van der Waals surface area contributed by atoms with Gasteiger partial charge in [0.1, 0.15) is 12.2 Å². The topological polar surface area (TPSA) is 63.2 Å². The number of esters is 1. The lowest BCUT2D eigenvalue weighted by Crippen LogP contribution is -2.57. The normalized spacial score (nSPS) is 18.7. The lowest BCUT2D eigenvalue weighted by molar-refractivity contribution is -0.291. The highest BCUT2D eigenvalue weighted by Crippen LogP contribution is 2.26. The zero-order chi connectivity index (χ0) is 35.2. The summed E-state index contributed by atoms with van der Waals surface area (Å²) < 4.78 is 31.9. The van der Waals surface area contributed by atoms with Gasteiger partial charge in [-0.2, -0.15) is 0 Å². The van der Waals surface area contributed by atoms with E-state index in [9.17, 15) is 4.79 Å². The maximum absolute atomic E-state index is 13.2. The zero-order valence-corrected chi connectivity index (χ0v) is 30.1. The van der Waals surface area contributed by atoms with Crippen molar-refractivity contribution in [2.45, 2.75) is 102 Å². The first-order valence-corrected chi connectivity index (χ1v) is 19.1. The lowest BCUT2D eigenvalue weighted by atomic mass is 10.0. The minimum atomic E-state index is -0.599. The molecule has 0 amide bonds. The summed E-state index contributed by atoms with van der Waals surface area (Å²) in [7, 11) is 0. The first-order chi connectivity index (χ1) is 25.2. The van der Waals surface area contributed by atoms with Gasteiger partial charge in [-0.25, -0.2) is 0 Å². The second-order valence-corrected chi connectivity index (χ2v) is 13.4. The van der Waals surface area contributed by atoms with Gasteiger partial charge in [-0.05, 0) is 92.9 Å². The van der Waals surface area contributed by atoms with Gasteiger partial charge in [-0.1, -0.05) is 121 Å². The number of carbonyl (C=O) groups excluding carboxylic acids is 1. The molecule has 0 aromatic heterocycles. The number of hydrogen-bond acceptors (Lipinski definition) is 6. The number of benzene rings is 4. The molecular formula is C45H56O6. The van der Waals surface area contributed by atoms with E-state index in [4.69, 9.17) is 23.7 Å². The molecule has 4 aromatic carbocycles. The van der Waals surface area contributed by atoms with E-state index in [1.165, 1.54) is 22.3 Å². The molecule has 0 radical (unpaired) electrons. The summed E-state index contributed by atoms with van der Waals surface area (Å²) in [5.41, 5.74) is 5.19. The molecule has 4 aromatic rings. The largest absolute Gasteiger partial charge is 0.457 e. The van der Waals surface area contributed by atoms with Crippen molar-refractivity contribution in [1.82, 2.24) is 0 Å². The molecule has 1 saturated heterocycles. The van der Waals surface area contributed by atoms with Gasteiger partial charge in [0.25, 0.3) is 0 Å². The van der Waals surface area contributed by atoms with Crippen LogP contribution in [-0.4, -0.2) is 57.0 Å². The van der Waals surface area contributed by atoms with Crippen LogP contribution in [0.5, 0.6) is 0 Å². The van der Waals surface area contributed by atoms with Gasteiger partial charge in [0.2, 0.25) is 0 Å². The summed E-state index contributed by atoms with van der Waals surface area (Å²) in [4.78, 5) is 13.2. The van der Waals surface area contributed by atoms with E-state index >= 15 is 0 Å². The van der Waals surface area contributed by atoms with Crippen molar-refractivity contribution in [3.05, 3.63) is 144 Å². The second kappa shape index (κ2) is 22.9. The molecule has 1 fully saturated rings. The molecule has 1 aliphatic heterocycles. The van der Waals surface area contributed by atoms with E-state index < -0.39 is 24.6 Å². The van der Waals surface area contributed by atoms with Crippen LogP contribution in [-0.2, 0) is 54.2 Å². The van der Waals surface area contributed by atoms with E-state index in [0.29, 0.717) is 26.2 Å². The minimum Gasteiger partial charge on any atom is -0.457 e. The predicted octanol–water partition coefficient (Wildman–Crippen LogP) is 9.13. The molecule has 6 heteroatoms. The Kier molecular flexibility index (Phi) is 17.2. The van der Waals surface area contributed by atoms with Gasteiger partial charge >= 0.3 is 5.97 Å². The van der Waals surface area contributed by atoms with Gasteiger partial charge in [-0.3, -0.25) is 4.79 Å². The molecule has 0 saturated carbocycles. The van der Waals surface area contributed by atoms with Crippen LogP contribution in [0, 0.1) is 0 Å². The van der Waals surface area contributed by atoms with E-state index in [1.54, 1.807) is 0 Å². The van der Waals surface area contributed by atoms with Crippen molar-refractivity contribution in [3.8, 4) is 0 Å². The van der Waals surface area contributed by atoms with Crippen molar-refractivity contribution >= 4 is 5.97 Å². The first-order valence-electron chi connectivity index (χ1n) is 19.1. The van der Waals surface area contributed by atoms with Crippen molar-refractivity contribution in [2.75, 3.05) is 26.4 Å². The molecule has 0 aliphatic carbocycles. The number of hydrogen-bond donors (Lipinski definition) is 0. The average Bonchev–Trinajstić information content (AvgIpc) is 3.17. The molecule has 0 bridgehead atoms. The van der Waals surface area contributed by atoms with Crippen LogP contribution >= 0.6 is 0 Å². The quantitative estimate of drug-likeness (QED) is 0.0571. The average molecular weight is 693 g/mol. The van der Waals surface area contributed by atoms with Crippen molar-refractivity contribution in [1.29, 1.82) is 0 Å². The molecule has 0 spiro atoms. The van der Waals surface area contributed by atoms with E-state index in [2.05, 4.69) is 84.9 Å². The molecule has 5 rings (SSSR count). The molecule has 1 heterocycles. The molecule has 6 nitrogen and oxygen atoms in total. The highest BCUT2D eigenvalue weighted by molar-refractivity contribution is 5.69. The number of ether oxygens (including phenoxy) is 5. The van der Waals surface area contributed by atoms with Crippen LogP contribution in [0.1, 0.15) is 73.6 Å². The molecule has 272 valence electrons. The Morgan fingerprint density at radius 1 is 0.490 bits per heavy atom. The van der Waals surface area contributed by atoms with Crippen LogP contribution in [0.3, 0.4) is 0 Å². The Balaban J connectivity index is 1.19. The Hall–Kier alpha value is -3.81. The number of aryl methyl sites for hydroxylation is 4. The van der Waals surface area contributed by atoms with Crippen LogP contribution in [0.25, 0.3) is 0 Å². The smallest absolute Gasteiger partial charge is 0.306 e. The first kappa shape index (κ1) is 38.4. The summed E-state index contributed by atoms with van der Waals surface area (Å²) in [6.45, 7) is 1.85. The molecule has 1 aliphatic rings. The molecule has 1 unspecified atom stereocenters. The molecular weight excluding hydrogens is 636 g/mol. The fraction of sp³-hybridized carbons (Fsp3) is 0.444. The van der Waals surface area contributed by atoms with Gasteiger partial charge in [0.05, 0.1) is 6.61 Å². The monoisotopic (exact) mass is 692 g/mol. The van der Waals surface area contributed by atoms with E-state index in [1.807, 2.05) is 36.4 Å². The molecule has 0 N–H and O–H groups in total. The predicted molar refractivity (Wildman–Crippen MR) is 203 cm³/mol. The third kappa shape index (κ3) is 14.4. The minimum absolute atomic E-state index is 0.210. The van der Waals surface area contributed by atoms with Crippen LogP contribution < -0.4 is 0 Å². The van der Waals surface area contributed by atoms with Gasteiger partial charge < -0.3 is 23.7 Å². The zero-order valence-electron chi connectivity index (χ0n) is 30.1. The maximum atomic E-state index is 13.2. The number of unbranched alkanes of at least 4 members (excludes halogenated alkanes) is 3. The van der Waals surface area contributed by atoms with Crippen LogP contribution in [0.4, 0.5) is 0 Å². The van der Waals surface area contributed by atoms with Crippen molar-refractivity contribution in [2.24, 2.45) is 0 Å². The highest BCUT2D eigenvalue weighted by Gasteiger charge is 2.44. The van der Waals surface area contributed by atoms with E-state index in [0.717, 1.165) is 70.6 Å². The van der Waals surface area contributed by atoms with Crippen LogP contribution in [0.2, 0.25) is 0 Å².